The van der Waals surface area contributed by atoms with Gasteiger partial charge in [0.1, 0.15) is 0 Å². The quantitative estimate of drug-likeness (QED) is 0.848. The Morgan fingerprint density at radius 3 is 3.00 bits per heavy atom. The van der Waals surface area contributed by atoms with Gasteiger partial charge < -0.3 is 10.2 Å². The summed E-state index contributed by atoms with van der Waals surface area (Å²) in [6.45, 7) is 0.489. The van der Waals surface area contributed by atoms with Crippen molar-refractivity contribution in [2.24, 2.45) is 5.92 Å². The van der Waals surface area contributed by atoms with E-state index in [9.17, 15) is 13.6 Å². The van der Waals surface area contributed by atoms with Crippen LogP contribution in [0.2, 0.25) is 0 Å². The molecule has 1 amide bonds. The number of carbonyl (C=O) groups excluding carboxylic acids is 1. The van der Waals surface area contributed by atoms with Crippen LogP contribution in [-0.2, 0) is 4.79 Å². The second-order valence-corrected chi connectivity index (χ2v) is 6.96. The van der Waals surface area contributed by atoms with E-state index >= 15 is 0 Å². The number of nitrogens with one attached hydrogen (secondary N) is 1. The first-order valence-corrected chi connectivity index (χ1v) is 8.86. The van der Waals surface area contributed by atoms with Crippen molar-refractivity contribution in [2.45, 2.75) is 11.3 Å². The maximum atomic E-state index is 12.1. The van der Waals surface area contributed by atoms with Crippen LogP contribution in [0.1, 0.15) is 0 Å². The van der Waals surface area contributed by atoms with Crippen molar-refractivity contribution in [1.82, 2.24) is 10.3 Å². The molecule has 2 heterocycles. The van der Waals surface area contributed by atoms with E-state index in [4.69, 9.17) is 0 Å². The summed E-state index contributed by atoms with van der Waals surface area (Å²) in [6, 6.07) is 6.13. The van der Waals surface area contributed by atoms with Crippen LogP contribution in [0.3, 0.4) is 0 Å². The maximum Gasteiger partial charge on any atom is 0.255 e. The maximum absolute atomic E-state index is 12.1. The fraction of sp³-hybridized carbons (Fsp3) is 0.429. The molecule has 1 aromatic carbocycles. The Labute approximate surface area is 134 Å². The SMILES string of the molecule is CSc1ccc2nc(N3CC(C(=O)NCC(F)F)C3)sc2c1. The van der Waals surface area contributed by atoms with Crippen LogP contribution in [0.4, 0.5) is 13.9 Å². The van der Waals surface area contributed by atoms with E-state index < -0.39 is 13.0 Å². The number of fused-ring (bicyclic) bond motifs is 1. The summed E-state index contributed by atoms with van der Waals surface area (Å²) < 4.78 is 25.3. The van der Waals surface area contributed by atoms with Gasteiger partial charge in [-0.2, -0.15) is 0 Å². The van der Waals surface area contributed by atoms with E-state index in [1.807, 2.05) is 23.3 Å². The predicted molar refractivity (Wildman–Crippen MR) is 86.1 cm³/mol. The third kappa shape index (κ3) is 3.17. The molecule has 0 spiro atoms. The van der Waals surface area contributed by atoms with Gasteiger partial charge in [-0.25, -0.2) is 13.8 Å². The molecule has 8 heteroatoms. The molecule has 118 valence electrons. The second kappa shape index (κ2) is 6.37. The number of alkyl halides is 2. The molecule has 0 unspecified atom stereocenters. The molecule has 0 radical (unpaired) electrons. The van der Waals surface area contributed by atoms with Crippen molar-refractivity contribution in [1.29, 1.82) is 0 Å². The van der Waals surface area contributed by atoms with Crippen molar-refractivity contribution >= 4 is 44.4 Å². The molecule has 22 heavy (non-hydrogen) atoms. The molecule has 1 fully saturated rings. The molecule has 4 nitrogen and oxygen atoms in total. The van der Waals surface area contributed by atoms with Crippen molar-refractivity contribution in [2.75, 3.05) is 30.8 Å². The average Bonchev–Trinajstić information content (AvgIpc) is 2.85. The minimum absolute atomic E-state index is 0.229. The van der Waals surface area contributed by atoms with Gasteiger partial charge in [0.2, 0.25) is 5.91 Å². The predicted octanol–water partition coefficient (Wildman–Crippen LogP) is 2.84. The lowest BCUT2D eigenvalue weighted by Gasteiger charge is -2.37. The fourth-order valence-electron chi connectivity index (χ4n) is 2.28. The zero-order valence-electron chi connectivity index (χ0n) is 11.9. The van der Waals surface area contributed by atoms with E-state index in [1.165, 1.54) is 4.90 Å². The Hall–Kier alpha value is -1.41. The molecule has 0 aliphatic carbocycles. The lowest BCUT2D eigenvalue weighted by molar-refractivity contribution is -0.126. The van der Waals surface area contributed by atoms with Crippen LogP contribution >= 0.6 is 23.1 Å². The number of hydrogen-bond acceptors (Lipinski definition) is 5. The van der Waals surface area contributed by atoms with Crippen LogP contribution in [0.5, 0.6) is 0 Å². The Kier molecular flexibility index (Phi) is 4.49. The zero-order valence-corrected chi connectivity index (χ0v) is 13.5. The molecule has 1 N–H and O–H groups in total. The van der Waals surface area contributed by atoms with Crippen molar-refractivity contribution in [3.8, 4) is 0 Å². The number of benzene rings is 1. The number of hydrogen-bond donors (Lipinski definition) is 1. The monoisotopic (exact) mass is 343 g/mol. The van der Waals surface area contributed by atoms with Gasteiger partial charge in [0.25, 0.3) is 6.43 Å². The highest BCUT2D eigenvalue weighted by atomic mass is 32.2. The third-order valence-electron chi connectivity index (χ3n) is 3.54. The van der Waals surface area contributed by atoms with Gasteiger partial charge >= 0.3 is 0 Å². The molecule has 0 saturated carbocycles. The van der Waals surface area contributed by atoms with E-state index in [-0.39, 0.29) is 11.8 Å². The van der Waals surface area contributed by atoms with Crippen molar-refractivity contribution in [3.05, 3.63) is 18.2 Å². The van der Waals surface area contributed by atoms with Gasteiger partial charge in [-0.05, 0) is 24.5 Å². The summed E-state index contributed by atoms with van der Waals surface area (Å²) in [5, 5.41) is 3.14. The Morgan fingerprint density at radius 2 is 2.32 bits per heavy atom. The van der Waals surface area contributed by atoms with E-state index in [0.717, 1.165) is 15.3 Å². The summed E-state index contributed by atoms with van der Waals surface area (Å²) >= 11 is 3.28. The number of aromatic nitrogens is 1. The molecule has 3 rings (SSSR count). The van der Waals surface area contributed by atoms with E-state index in [1.54, 1.807) is 23.1 Å². The molecular formula is C14H15F2N3OS2. The van der Waals surface area contributed by atoms with E-state index in [2.05, 4.69) is 16.4 Å². The lowest BCUT2D eigenvalue weighted by Crippen LogP contribution is -2.54. The Bertz CT molecular complexity index is 686. The van der Waals surface area contributed by atoms with Gasteiger partial charge in [-0.15, -0.1) is 11.8 Å². The highest BCUT2D eigenvalue weighted by Crippen LogP contribution is 2.34. The van der Waals surface area contributed by atoms with Gasteiger partial charge in [0.15, 0.2) is 5.13 Å². The standard InChI is InChI=1S/C14H15F2N3OS2/c1-21-9-2-3-10-11(4-9)22-14(18-10)19-6-8(7-19)13(20)17-5-12(15)16/h2-4,8,12H,5-7H2,1H3,(H,17,20). The zero-order chi connectivity index (χ0) is 15.7. The summed E-state index contributed by atoms with van der Waals surface area (Å²) in [5.74, 6) is -0.533. The van der Waals surface area contributed by atoms with Gasteiger partial charge in [-0.3, -0.25) is 4.79 Å². The molecule has 1 aliphatic rings. The molecular weight excluding hydrogens is 328 g/mol. The second-order valence-electron chi connectivity index (χ2n) is 5.07. The highest BCUT2D eigenvalue weighted by Gasteiger charge is 2.34. The van der Waals surface area contributed by atoms with Crippen LogP contribution in [0.25, 0.3) is 10.2 Å². The first-order valence-electron chi connectivity index (χ1n) is 6.82. The minimum atomic E-state index is -2.50. The molecule has 1 saturated heterocycles. The number of carbonyl (C=O) groups is 1. The topological polar surface area (TPSA) is 45.2 Å². The van der Waals surface area contributed by atoms with Gasteiger partial charge in [0.05, 0.1) is 22.7 Å². The summed E-state index contributed by atoms with van der Waals surface area (Å²) in [6.07, 6.45) is -0.476. The largest absolute Gasteiger partial charge is 0.350 e. The number of nitrogens with zero attached hydrogens (tertiary/aromatic N) is 2. The van der Waals surface area contributed by atoms with Crippen LogP contribution in [0.15, 0.2) is 23.1 Å². The Morgan fingerprint density at radius 1 is 1.55 bits per heavy atom. The van der Waals surface area contributed by atoms with Crippen molar-refractivity contribution in [3.63, 3.8) is 0 Å². The van der Waals surface area contributed by atoms with Crippen molar-refractivity contribution < 1.29 is 13.6 Å². The minimum Gasteiger partial charge on any atom is -0.350 e. The van der Waals surface area contributed by atoms with Crippen LogP contribution in [0, 0.1) is 5.92 Å². The number of amides is 1. The molecule has 2 aromatic rings. The molecule has 1 aromatic heterocycles. The summed E-state index contributed by atoms with van der Waals surface area (Å²) in [5.41, 5.74) is 0.948. The molecule has 0 bridgehead atoms. The highest BCUT2D eigenvalue weighted by molar-refractivity contribution is 7.98. The number of rotatable bonds is 5. The normalized spacial score (nSPS) is 15.4. The fourth-order valence-corrected chi connectivity index (χ4v) is 3.82. The Balaban J connectivity index is 1.61. The number of anilines is 1. The number of thiazole rings is 1. The van der Waals surface area contributed by atoms with Crippen LogP contribution in [-0.4, -0.2) is 43.2 Å². The smallest absolute Gasteiger partial charge is 0.255 e. The average molecular weight is 343 g/mol. The van der Waals surface area contributed by atoms with Gasteiger partial charge in [-0.1, -0.05) is 11.3 Å². The first kappa shape index (κ1) is 15.5. The molecule has 1 aliphatic heterocycles. The summed E-state index contributed by atoms with van der Waals surface area (Å²) in [7, 11) is 0. The third-order valence-corrected chi connectivity index (χ3v) is 5.34. The lowest BCUT2D eigenvalue weighted by atomic mass is 10.0. The van der Waals surface area contributed by atoms with E-state index in [0.29, 0.717) is 13.1 Å². The first-order chi connectivity index (χ1) is 10.6. The summed E-state index contributed by atoms with van der Waals surface area (Å²) in [4.78, 5) is 19.4. The molecule has 0 atom stereocenters. The number of halogens is 2. The number of thioether (sulfide) groups is 1. The van der Waals surface area contributed by atoms with Crippen LogP contribution < -0.4 is 10.2 Å². The van der Waals surface area contributed by atoms with Gasteiger partial charge in [0, 0.05) is 18.0 Å².